The predicted octanol–water partition coefficient (Wildman–Crippen LogP) is 1.72. The monoisotopic (exact) mass is 187 g/mol. The topological polar surface area (TPSA) is 38.3 Å². The highest BCUT2D eigenvalue weighted by Crippen LogP contribution is 2.09. The van der Waals surface area contributed by atoms with Gasteiger partial charge in [0.25, 0.3) is 0 Å². The molecular weight excluding hydrogens is 166 g/mol. The molecule has 0 bridgehead atoms. The van der Waals surface area contributed by atoms with Crippen LogP contribution in [-0.2, 0) is 9.53 Å². The molecule has 0 saturated carbocycles. The highest BCUT2D eigenvalue weighted by Gasteiger charge is 2.19. The summed E-state index contributed by atoms with van der Waals surface area (Å²) in [6.07, 6.45) is 1.47. The number of esters is 1. The fourth-order valence-electron chi connectivity index (χ4n) is 1.15. The molecule has 0 aliphatic heterocycles. The minimum absolute atomic E-state index is 0.0907. The second kappa shape index (κ2) is 5.22. The molecule has 0 spiro atoms. The van der Waals surface area contributed by atoms with Crippen molar-refractivity contribution >= 4 is 5.97 Å². The zero-order valence-corrected chi connectivity index (χ0v) is 9.31. The Morgan fingerprint density at radius 3 is 2.46 bits per heavy atom. The first-order chi connectivity index (χ1) is 5.91. The van der Waals surface area contributed by atoms with Crippen molar-refractivity contribution in [1.29, 1.82) is 0 Å². The lowest BCUT2D eigenvalue weighted by Crippen LogP contribution is -2.45. The third-order valence-corrected chi connectivity index (χ3v) is 2.22. The molecule has 0 amide bonds. The Morgan fingerprint density at radius 1 is 1.54 bits per heavy atom. The van der Waals surface area contributed by atoms with Crippen molar-refractivity contribution in [1.82, 2.24) is 5.32 Å². The lowest BCUT2D eigenvalue weighted by atomic mass is 10.0. The van der Waals surface area contributed by atoms with Crippen molar-refractivity contribution < 1.29 is 9.53 Å². The maximum atomic E-state index is 10.9. The molecule has 0 aliphatic carbocycles. The van der Waals surface area contributed by atoms with Crippen molar-refractivity contribution in [3.8, 4) is 0 Å². The molecule has 1 atom stereocenters. The summed E-state index contributed by atoms with van der Waals surface area (Å²) in [7, 11) is 1.42. The molecule has 1 unspecified atom stereocenters. The van der Waals surface area contributed by atoms with Crippen LogP contribution in [0.3, 0.4) is 0 Å². The number of carbonyl (C=O) groups is 1. The van der Waals surface area contributed by atoms with Crippen LogP contribution in [0.1, 0.15) is 40.5 Å². The van der Waals surface area contributed by atoms with Crippen LogP contribution in [0.25, 0.3) is 0 Å². The molecule has 3 heteroatoms. The third-order valence-electron chi connectivity index (χ3n) is 2.22. The van der Waals surface area contributed by atoms with Crippen LogP contribution >= 0.6 is 0 Å². The highest BCUT2D eigenvalue weighted by molar-refractivity contribution is 5.69. The van der Waals surface area contributed by atoms with Crippen LogP contribution in [0.5, 0.6) is 0 Å². The van der Waals surface area contributed by atoms with Gasteiger partial charge in [0.05, 0.1) is 13.5 Å². The summed E-state index contributed by atoms with van der Waals surface area (Å²) in [5.41, 5.74) is 0.0907. The average Bonchev–Trinajstić information content (AvgIpc) is 2.03. The van der Waals surface area contributed by atoms with Gasteiger partial charge in [0.15, 0.2) is 0 Å². The standard InChI is InChI=1S/C10H21NO2/c1-6-10(3,4)11-8(2)7-9(12)13-5/h8,11H,6-7H2,1-5H3. The number of hydrogen-bond acceptors (Lipinski definition) is 3. The first kappa shape index (κ1) is 12.4. The number of carbonyl (C=O) groups excluding carboxylic acids is 1. The second-order valence-corrected chi connectivity index (χ2v) is 4.06. The molecule has 0 aliphatic rings. The van der Waals surface area contributed by atoms with E-state index < -0.39 is 0 Å². The van der Waals surface area contributed by atoms with Gasteiger partial charge in [-0.2, -0.15) is 0 Å². The molecule has 0 fully saturated rings. The summed E-state index contributed by atoms with van der Waals surface area (Å²) in [5.74, 6) is -0.160. The Kier molecular flexibility index (Phi) is 4.99. The number of rotatable bonds is 5. The summed E-state index contributed by atoms with van der Waals surface area (Å²) >= 11 is 0. The summed E-state index contributed by atoms with van der Waals surface area (Å²) in [6.45, 7) is 8.37. The quantitative estimate of drug-likeness (QED) is 0.666. The Morgan fingerprint density at radius 2 is 2.08 bits per heavy atom. The van der Waals surface area contributed by atoms with Crippen LogP contribution in [0.2, 0.25) is 0 Å². The second-order valence-electron chi connectivity index (χ2n) is 4.06. The predicted molar refractivity (Wildman–Crippen MR) is 53.6 cm³/mol. The van der Waals surface area contributed by atoms with Gasteiger partial charge >= 0.3 is 5.97 Å². The molecule has 0 aromatic heterocycles. The summed E-state index contributed by atoms with van der Waals surface area (Å²) in [5, 5.41) is 3.37. The van der Waals surface area contributed by atoms with E-state index in [1.807, 2.05) is 6.92 Å². The molecule has 0 radical (unpaired) electrons. The number of nitrogens with one attached hydrogen (secondary N) is 1. The van der Waals surface area contributed by atoms with Gasteiger partial charge in [0, 0.05) is 11.6 Å². The van der Waals surface area contributed by atoms with Gasteiger partial charge in [0.2, 0.25) is 0 Å². The van der Waals surface area contributed by atoms with Crippen molar-refractivity contribution in [2.24, 2.45) is 0 Å². The molecule has 0 rings (SSSR count). The lowest BCUT2D eigenvalue weighted by molar-refractivity contribution is -0.141. The molecule has 13 heavy (non-hydrogen) atoms. The van der Waals surface area contributed by atoms with Crippen LogP contribution in [-0.4, -0.2) is 24.7 Å². The molecule has 0 saturated heterocycles. The van der Waals surface area contributed by atoms with Gasteiger partial charge in [-0.1, -0.05) is 6.92 Å². The van der Waals surface area contributed by atoms with Gasteiger partial charge in [-0.05, 0) is 27.2 Å². The molecule has 0 aromatic rings. The molecular formula is C10H21NO2. The summed E-state index contributed by atoms with van der Waals surface area (Å²) < 4.78 is 4.59. The van der Waals surface area contributed by atoms with Crippen LogP contribution in [0, 0.1) is 0 Å². The Balaban J connectivity index is 3.86. The van der Waals surface area contributed by atoms with Gasteiger partial charge in [-0.15, -0.1) is 0 Å². The smallest absolute Gasteiger partial charge is 0.307 e. The van der Waals surface area contributed by atoms with Crippen LogP contribution in [0.4, 0.5) is 0 Å². The Bertz CT molecular complexity index is 166. The van der Waals surface area contributed by atoms with E-state index in [1.54, 1.807) is 0 Å². The van der Waals surface area contributed by atoms with E-state index >= 15 is 0 Å². The molecule has 1 N–H and O–H groups in total. The third kappa shape index (κ3) is 5.64. The summed E-state index contributed by atoms with van der Waals surface area (Å²) in [6, 6.07) is 0.169. The molecule has 3 nitrogen and oxygen atoms in total. The molecule has 0 heterocycles. The Labute approximate surface area is 80.8 Å². The highest BCUT2D eigenvalue weighted by atomic mass is 16.5. The van der Waals surface area contributed by atoms with E-state index in [9.17, 15) is 4.79 Å². The van der Waals surface area contributed by atoms with E-state index in [-0.39, 0.29) is 17.6 Å². The van der Waals surface area contributed by atoms with Gasteiger partial charge in [-0.25, -0.2) is 0 Å². The van der Waals surface area contributed by atoms with Crippen molar-refractivity contribution in [2.45, 2.75) is 52.1 Å². The SMILES string of the molecule is CCC(C)(C)NC(C)CC(=O)OC. The number of hydrogen-bond donors (Lipinski definition) is 1. The van der Waals surface area contributed by atoms with E-state index in [1.165, 1.54) is 7.11 Å². The van der Waals surface area contributed by atoms with E-state index in [2.05, 4.69) is 30.8 Å². The zero-order chi connectivity index (χ0) is 10.5. The maximum Gasteiger partial charge on any atom is 0.307 e. The van der Waals surface area contributed by atoms with Crippen LogP contribution < -0.4 is 5.32 Å². The fraction of sp³-hybridized carbons (Fsp3) is 0.900. The molecule has 0 aromatic carbocycles. The zero-order valence-electron chi connectivity index (χ0n) is 9.31. The molecule has 78 valence electrons. The first-order valence-corrected chi connectivity index (χ1v) is 4.75. The minimum atomic E-state index is -0.160. The average molecular weight is 187 g/mol. The van der Waals surface area contributed by atoms with E-state index in [0.717, 1.165) is 6.42 Å². The van der Waals surface area contributed by atoms with Crippen molar-refractivity contribution in [3.63, 3.8) is 0 Å². The van der Waals surface area contributed by atoms with Crippen molar-refractivity contribution in [2.75, 3.05) is 7.11 Å². The van der Waals surface area contributed by atoms with Crippen molar-refractivity contribution in [3.05, 3.63) is 0 Å². The first-order valence-electron chi connectivity index (χ1n) is 4.75. The van der Waals surface area contributed by atoms with Gasteiger partial charge in [-0.3, -0.25) is 4.79 Å². The van der Waals surface area contributed by atoms with E-state index in [0.29, 0.717) is 6.42 Å². The number of ether oxygens (including phenoxy) is 1. The fourth-order valence-corrected chi connectivity index (χ4v) is 1.15. The minimum Gasteiger partial charge on any atom is -0.469 e. The number of methoxy groups -OCH3 is 1. The summed E-state index contributed by atoms with van der Waals surface area (Å²) in [4.78, 5) is 10.9. The van der Waals surface area contributed by atoms with Gasteiger partial charge in [0.1, 0.15) is 0 Å². The normalized spacial score (nSPS) is 13.9. The Hall–Kier alpha value is -0.570. The van der Waals surface area contributed by atoms with Crippen LogP contribution in [0.15, 0.2) is 0 Å². The van der Waals surface area contributed by atoms with E-state index in [4.69, 9.17) is 0 Å². The largest absolute Gasteiger partial charge is 0.469 e. The lowest BCUT2D eigenvalue weighted by Gasteiger charge is -2.28. The maximum absolute atomic E-state index is 10.9. The van der Waals surface area contributed by atoms with Gasteiger partial charge < -0.3 is 10.1 Å².